The van der Waals surface area contributed by atoms with Crippen LogP contribution in [-0.4, -0.2) is 23.7 Å². The molecule has 1 fully saturated rings. The number of aliphatic carboxylic acids is 1. The van der Waals surface area contributed by atoms with Gasteiger partial charge in [-0.25, -0.2) is 4.79 Å². The van der Waals surface area contributed by atoms with E-state index in [0.717, 1.165) is 12.1 Å². The van der Waals surface area contributed by atoms with E-state index in [1.165, 1.54) is 12.8 Å². The average molecular weight is 221 g/mol. The summed E-state index contributed by atoms with van der Waals surface area (Å²) in [5.41, 5.74) is 1.01. The minimum Gasteiger partial charge on any atom is -0.482 e. The maximum Gasteiger partial charge on any atom is 0.341 e. The highest BCUT2D eigenvalue weighted by Gasteiger charge is 2.20. The Morgan fingerprint density at radius 3 is 2.88 bits per heavy atom. The molecule has 1 aliphatic rings. The second kappa shape index (κ2) is 4.99. The van der Waals surface area contributed by atoms with Crippen molar-refractivity contribution < 1.29 is 14.6 Å². The molecule has 0 unspecified atom stereocenters. The Balaban J connectivity index is 1.94. The van der Waals surface area contributed by atoms with Gasteiger partial charge in [-0.2, -0.15) is 0 Å². The van der Waals surface area contributed by atoms with Crippen LogP contribution in [0.4, 0.5) is 0 Å². The van der Waals surface area contributed by atoms with Crippen LogP contribution in [0.1, 0.15) is 18.4 Å². The summed E-state index contributed by atoms with van der Waals surface area (Å²) in [5, 5.41) is 11.9. The standard InChI is InChI=1S/C12H15NO3/c14-12(15)8-16-11-4-2-1-3-9(11)7-13-10-5-6-10/h1-4,10,13H,5-8H2,(H,14,15). The molecule has 1 aliphatic carbocycles. The van der Waals surface area contributed by atoms with Gasteiger partial charge in [0.2, 0.25) is 0 Å². The summed E-state index contributed by atoms with van der Waals surface area (Å²) in [4.78, 5) is 10.4. The monoisotopic (exact) mass is 221 g/mol. The lowest BCUT2D eigenvalue weighted by Crippen LogP contribution is -2.17. The van der Waals surface area contributed by atoms with Crippen molar-refractivity contribution in [1.82, 2.24) is 5.32 Å². The highest BCUT2D eigenvalue weighted by atomic mass is 16.5. The largest absolute Gasteiger partial charge is 0.482 e. The molecular weight excluding hydrogens is 206 g/mol. The number of hydrogen-bond donors (Lipinski definition) is 2. The summed E-state index contributed by atoms with van der Waals surface area (Å²) in [7, 11) is 0. The summed E-state index contributed by atoms with van der Waals surface area (Å²) in [6, 6.07) is 8.15. The molecule has 4 nitrogen and oxygen atoms in total. The predicted molar refractivity (Wildman–Crippen MR) is 59.4 cm³/mol. The molecule has 1 aromatic rings. The lowest BCUT2D eigenvalue weighted by Gasteiger charge is -2.10. The lowest BCUT2D eigenvalue weighted by molar-refractivity contribution is -0.139. The number of ether oxygens (including phenoxy) is 1. The van der Waals surface area contributed by atoms with E-state index in [-0.39, 0.29) is 6.61 Å². The van der Waals surface area contributed by atoms with Crippen molar-refractivity contribution in [2.24, 2.45) is 0 Å². The Morgan fingerprint density at radius 1 is 1.44 bits per heavy atom. The van der Waals surface area contributed by atoms with Crippen molar-refractivity contribution >= 4 is 5.97 Å². The van der Waals surface area contributed by atoms with Gasteiger partial charge in [-0.3, -0.25) is 0 Å². The molecule has 0 amide bonds. The molecule has 0 aromatic heterocycles. The van der Waals surface area contributed by atoms with E-state index in [4.69, 9.17) is 9.84 Å². The van der Waals surface area contributed by atoms with Crippen molar-refractivity contribution in [2.45, 2.75) is 25.4 Å². The van der Waals surface area contributed by atoms with Gasteiger partial charge in [0.25, 0.3) is 0 Å². The number of para-hydroxylation sites is 1. The molecular formula is C12H15NO3. The molecule has 0 aliphatic heterocycles. The first kappa shape index (κ1) is 11.0. The van der Waals surface area contributed by atoms with Gasteiger partial charge in [-0.1, -0.05) is 18.2 Å². The summed E-state index contributed by atoms with van der Waals surface area (Å²) < 4.78 is 5.21. The zero-order valence-electron chi connectivity index (χ0n) is 8.98. The topological polar surface area (TPSA) is 58.6 Å². The molecule has 2 rings (SSSR count). The molecule has 1 aromatic carbocycles. The van der Waals surface area contributed by atoms with E-state index < -0.39 is 5.97 Å². The van der Waals surface area contributed by atoms with Gasteiger partial charge < -0.3 is 15.2 Å². The number of hydrogen-bond acceptors (Lipinski definition) is 3. The van der Waals surface area contributed by atoms with Crippen LogP contribution in [0.15, 0.2) is 24.3 Å². The molecule has 0 bridgehead atoms. The van der Waals surface area contributed by atoms with Crippen molar-refractivity contribution in [3.63, 3.8) is 0 Å². The zero-order valence-corrected chi connectivity index (χ0v) is 8.98. The van der Waals surface area contributed by atoms with Crippen LogP contribution < -0.4 is 10.1 Å². The summed E-state index contributed by atoms with van der Waals surface area (Å²) in [5.74, 6) is -0.303. The molecule has 0 atom stereocenters. The van der Waals surface area contributed by atoms with Gasteiger partial charge in [0.15, 0.2) is 6.61 Å². The third kappa shape index (κ3) is 3.24. The van der Waals surface area contributed by atoms with Gasteiger partial charge in [-0.15, -0.1) is 0 Å². The van der Waals surface area contributed by atoms with Crippen molar-refractivity contribution in [2.75, 3.05) is 6.61 Å². The maximum absolute atomic E-state index is 10.4. The molecule has 0 radical (unpaired) electrons. The van der Waals surface area contributed by atoms with Crippen LogP contribution in [-0.2, 0) is 11.3 Å². The Kier molecular flexibility index (Phi) is 3.41. The maximum atomic E-state index is 10.4. The molecule has 4 heteroatoms. The van der Waals surface area contributed by atoms with Crippen LogP contribution in [0.25, 0.3) is 0 Å². The van der Waals surface area contributed by atoms with E-state index >= 15 is 0 Å². The predicted octanol–water partition coefficient (Wildman–Crippen LogP) is 1.40. The first-order valence-corrected chi connectivity index (χ1v) is 5.41. The van der Waals surface area contributed by atoms with E-state index in [9.17, 15) is 4.79 Å². The molecule has 16 heavy (non-hydrogen) atoms. The first-order chi connectivity index (χ1) is 7.75. The van der Waals surface area contributed by atoms with Crippen molar-refractivity contribution in [1.29, 1.82) is 0 Å². The fourth-order valence-electron chi connectivity index (χ4n) is 1.47. The minimum absolute atomic E-state index is 0.291. The quantitative estimate of drug-likeness (QED) is 0.762. The fraction of sp³-hybridized carbons (Fsp3) is 0.417. The van der Waals surface area contributed by atoms with Crippen LogP contribution in [0.2, 0.25) is 0 Å². The number of benzene rings is 1. The molecule has 0 heterocycles. The van der Waals surface area contributed by atoms with E-state index in [1.54, 1.807) is 6.07 Å². The second-order valence-electron chi connectivity index (χ2n) is 3.95. The van der Waals surface area contributed by atoms with Crippen molar-refractivity contribution in [3.05, 3.63) is 29.8 Å². The Hall–Kier alpha value is -1.55. The SMILES string of the molecule is O=C(O)COc1ccccc1CNC1CC1. The first-order valence-electron chi connectivity index (χ1n) is 5.41. The molecule has 0 spiro atoms. The number of carbonyl (C=O) groups is 1. The van der Waals surface area contributed by atoms with Crippen LogP contribution >= 0.6 is 0 Å². The summed E-state index contributed by atoms with van der Waals surface area (Å²) in [6.45, 7) is 0.445. The smallest absolute Gasteiger partial charge is 0.341 e. The van der Waals surface area contributed by atoms with Gasteiger partial charge >= 0.3 is 5.97 Å². The number of carboxylic acid groups (broad SMARTS) is 1. The average Bonchev–Trinajstić information content (AvgIpc) is 3.08. The fourth-order valence-corrected chi connectivity index (χ4v) is 1.47. The van der Waals surface area contributed by atoms with Crippen LogP contribution in [0.5, 0.6) is 5.75 Å². The number of nitrogens with one attached hydrogen (secondary N) is 1. The van der Waals surface area contributed by atoms with Crippen LogP contribution in [0, 0.1) is 0 Å². The second-order valence-corrected chi connectivity index (χ2v) is 3.95. The van der Waals surface area contributed by atoms with E-state index in [0.29, 0.717) is 11.8 Å². The van der Waals surface area contributed by atoms with Crippen molar-refractivity contribution in [3.8, 4) is 5.75 Å². The lowest BCUT2D eigenvalue weighted by atomic mass is 10.2. The Bertz CT molecular complexity index is 374. The highest BCUT2D eigenvalue weighted by molar-refractivity contribution is 5.68. The minimum atomic E-state index is -0.954. The molecule has 0 saturated heterocycles. The Labute approximate surface area is 94.2 Å². The van der Waals surface area contributed by atoms with Crippen LogP contribution in [0.3, 0.4) is 0 Å². The highest BCUT2D eigenvalue weighted by Crippen LogP contribution is 2.22. The number of carboxylic acids is 1. The summed E-state index contributed by atoms with van der Waals surface area (Å²) >= 11 is 0. The molecule has 1 saturated carbocycles. The van der Waals surface area contributed by atoms with E-state index in [2.05, 4.69) is 5.32 Å². The zero-order chi connectivity index (χ0) is 11.4. The van der Waals surface area contributed by atoms with Gasteiger partial charge in [0.1, 0.15) is 5.75 Å². The summed E-state index contributed by atoms with van der Waals surface area (Å²) in [6.07, 6.45) is 2.47. The third-order valence-electron chi connectivity index (χ3n) is 2.48. The number of rotatable bonds is 6. The van der Waals surface area contributed by atoms with Gasteiger partial charge in [-0.05, 0) is 18.9 Å². The van der Waals surface area contributed by atoms with E-state index in [1.807, 2.05) is 18.2 Å². The van der Waals surface area contributed by atoms with Gasteiger partial charge in [0.05, 0.1) is 0 Å². The van der Waals surface area contributed by atoms with Gasteiger partial charge in [0, 0.05) is 18.2 Å². The Morgan fingerprint density at radius 2 is 2.19 bits per heavy atom. The normalized spacial score (nSPS) is 14.8. The molecule has 86 valence electrons. The third-order valence-corrected chi connectivity index (χ3v) is 2.48. The molecule has 2 N–H and O–H groups in total.